The van der Waals surface area contributed by atoms with Crippen molar-refractivity contribution in [1.29, 1.82) is 0 Å². The van der Waals surface area contributed by atoms with Crippen LogP contribution >= 0.6 is 0 Å². The van der Waals surface area contributed by atoms with Crippen LogP contribution in [0.4, 0.5) is 13.2 Å². The van der Waals surface area contributed by atoms with Crippen LogP contribution in [0.25, 0.3) is 10.9 Å². The average Bonchev–Trinajstić information content (AvgIpc) is 3.27. The third-order valence-electron chi connectivity index (χ3n) is 6.39. The first-order valence-corrected chi connectivity index (χ1v) is 11.2. The number of ether oxygens (including phenoxy) is 2. The first-order valence-electron chi connectivity index (χ1n) is 17.2. The van der Waals surface area contributed by atoms with Gasteiger partial charge in [0.05, 0.1) is 34.3 Å². The number of hydrogen-bond acceptors (Lipinski definition) is 5. The first-order chi connectivity index (χ1) is 22.1. The molecule has 198 valence electrons. The Morgan fingerprint density at radius 2 is 2.05 bits per heavy atom. The van der Waals surface area contributed by atoms with Crippen molar-refractivity contribution in [2.24, 2.45) is 0 Å². The number of benzene rings is 2. The molecule has 1 aliphatic carbocycles. The van der Waals surface area contributed by atoms with Gasteiger partial charge in [0.1, 0.15) is 11.6 Å². The summed E-state index contributed by atoms with van der Waals surface area (Å²) in [7, 11) is 0. The number of aliphatic hydroxyl groups excluding tert-OH is 2. The number of rotatable bonds is 9. The van der Waals surface area contributed by atoms with Gasteiger partial charge in [-0.2, -0.15) is 0 Å². The normalized spacial score (nSPS) is 27.8. The maximum absolute atomic E-state index is 15.9. The Labute approximate surface area is 229 Å². The van der Waals surface area contributed by atoms with Crippen molar-refractivity contribution in [2.45, 2.75) is 76.0 Å². The predicted octanol–water partition coefficient (Wildman–Crippen LogP) is 4.99. The Hall–Kier alpha value is -3.04. The molecule has 2 heterocycles. The maximum atomic E-state index is 15.9. The van der Waals surface area contributed by atoms with Gasteiger partial charge in [-0.15, -0.1) is 8.78 Å². The van der Waals surface area contributed by atoms with E-state index in [0.717, 1.165) is 30.5 Å². The van der Waals surface area contributed by atoms with Gasteiger partial charge in [-0.3, -0.25) is 4.79 Å². The minimum atomic E-state index is -4.38. The molecule has 1 fully saturated rings. The number of carbonyl (C=O) groups excluding carboxylic acids is 1. The molecule has 1 aliphatic heterocycles. The van der Waals surface area contributed by atoms with Gasteiger partial charge in [-0.25, -0.2) is 4.39 Å². The zero-order chi connectivity index (χ0) is 37.2. The summed E-state index contributed by atoms with van der Waals surface area (Å²) in [6, 6.07) is -0.440. The van der Waals surface area contributed by atoms with Crippen molar-refractivity contribution in [1.82, 2.24) is 4.57 Å². The zero-order valence-electron chi connectivity index (χ0n) is 31.6. The number of Topliss-reactive ketones (excluding diaryl/α,β-unsaturated/α-hetero) is 1. The summed E-state index contributed by atoms with van der Waals surface area (Å²) < 4.78 is 153. The summed E-state index contributed by atoms with van der Waals surface area (Å²) in [6.45, 7) is -2.18. The molecule has 1 unspecified atom stereocenters. The van der Waals surface area contributed by atoms with Gasteiger partial charge in [0, 0.05) is 35.3 Å². The van der Waals surface area contributed by atoms with Crippen LogP contribution in [0.2, 0.25) is 0 Å². The van der Waals surface area contributed by atoms with Crippen LogP contribution in [0.5, 0.6) is 11.5 Å². The van der Waals surface area contributed by atoms with Crippen LogP contribution in [0, 0.1) is 5.82 Å². The Morgan fingerprint density at radius 1 is 1.32 bits per heavy atom. The van der Waals surface area contributed by atoms with E-state index in [9.17, 15) is 23.8 Å². The van der Waals surface area contributed by atoms with E-state index in [2.05, 4.69) is 9.47 Å². The number of ketones is 1. The highest BCUT2D eigenvalue weighted by atomic mass is 19.3. The zero-order valence-corrected chi connectivity index (χ0v) is 19.6. The first kappa shape index (κ1) is 14.8. The van der Waals surface area contributed by atoms with Gasteiger partial charge in [0.2, 0.25) is 0 Å². The summed E-state index contributed by atoms with van der Waals surface area (Å²) in [5, 5.41) is 19.8. The SMILES string of the molecule is [2H]c1c([2H])c(C2(C(=O)Cc3cc4cc(C(C)(C([2H])([2H])[2H])C([2H])([2H])C)n(C[C@@H](O)CO)c4cc3F)C([2H])([2H])C2([2H])[2H])c([2H])c2c1OC(F)(F)O2. The smallest absolute Gasteiger partial charge is 0.395 e. The molecule has 1 saturated carbocycles. The molecule has 2 atom stereocenters. The molecule has 0 amide bonds. The average molecular weight is 530 g/mol. The van der Waals surface area contributed by atoms with Crippen molar-refractivity contribution in [3.63, 3.8) is 0 Å². The molecule has 0 spiro atoms. The summed E-state index contributed by atoms with van der Waals surface area (Å²) in [4.78, 5) is 14.1. The van der Waals surface area contributed by atoms with Crippen molar-refractivity contribution in [3.05, 3.63) is 59.0 Å². The van der Waals surface area contributed by atoms with Crippen LogP contribution in [0.15, 0.2) is 36.3 Å². The number of aliphatic hydroxyl groups is 2. The summed E-state index contributed by atoms with van der Waals surface area (Å²) >= 11 is 0. The highest BCUT2D eigenvalue weighted by Crippen LogP contribution is 2.52. The summed E-state index contributed by atoms with van der Waals surface area (Å²) in [5.74, 6) is -4.76. The number of alkyl halides is 2. The largest absolute Gasteiger partial charge is 0.586 e. The molecule has 3 aromatic rings. The summed E-state index contributed by atoms with van der Waals surface area (Å²) in [5.41, 5.74) is -7.27. The molecular formula is C28H30F3NO5. The van der Waals surface area contributed by atoms with Crippen LogP contribution in [-0.2, 0) is 28.6 Å². The summed E-state index contributed by atoms with van der Waals surface area (Å²) in [6.07, 6.45) is -15.8. The Morgan fingerprint density at radius 3 is 2.70 bits per heavy atom. The van der Waals surface area contributed by atoms with Crippen LogP contribution in [0.3, 0.4) is 0 Å². The third kappa shape index (κ3) is 4.48. The topological polar surface area (TPSA) is 80.9 Å². The Kier molecular flexibility index (Phi) is 3.50. The lowest BCUT2D eigenvalue weighted by atomic mass is 9.86. The van der Waals surface area contributed by atoms with Gasteiger partial charge in [-0.1, -0.05) is 26.7 Å². The molecule has 2 aromatic carbocycles. The predicted molar refractivity (Wildman–Crippen MR) is 131 cm³/mol. The lowest BCUT2D eigenvalue weighted by molar-refractivity contribution is -0.286. The fraction of sp³-hybridized carbons (Fsp3) is 0.464. The fourth-order valence-corrected chi connectivity index (χ4v) is 4.21. The molecular weight excluding hydrogens is 487 g/mol. The van der Waals surface area contributed by atoms with E-state index in [-0.39, 0.29) is 16.6 Å². The number of halogens is 3. The van der Waals surface area contributed by atoms with Crippen molar-refractivity contribution in [3.8, 4) is 11.5 Å². The highest BCUT2D eigenvalue weighted by Gasteiger charge is 2.52. The quantitative estimate of drug-likeness (QED) is 0.409. The van der Waals surface area contributed by atoms with Crippen LogP contribution in [0.1, 0.15) is 73.1 Å². The molecule has 2 aliphatic rings. The molecule has 1 aromatic heterocycles. The third-order valence-corrected chi connectivity index (χ3v) is 6.39. The van der Waals surface area contributed by atoms with E-state index in [0.29, 0.717) is 0 Å². The van der Waals surface area contributed by atoms with E-state index >= 15 is 4.39 Å². The van der Waals surface area contributed by atoms with Crippen LogP contribution < -0.4 is 9.47 Å². The number of aromatic nitrogens is 1. The Balaban J connectivity index is 1.69. The molecule has 9 heteroatoms. The standard InChI is InChI=1S/C28H30F3NO5/c1-4-26(2,3)24-10-17-9-16(20(29)13-21(17)32(24)14-19(34)15-33)11-25(35)27(7-8-27)18-5-6-22-23(12-18)37-28(30,31)36-22/h5-6,9-10,12-13,19,33-34H,4,7-8,11,14-15H2,1-3H3/t19-/m1/s1/i2D3,4D2,5D,6D,7D2,8D2,12D/t19-,26?. The number of nitrogens with zero attached hydrogens (tertiary/aromatic N) is 1. The Bertz CT molecular complexity index is 1860. The second-order valence-electron chi connectivity index (χ2n) is 9.03. The second kappa shape index (κ2) is 8.77. The molecule has 0 saturated heterocycles. The van der Waals surface area contributed by atoms with Gasteiger partial charge >= 0.3 is 6.29 Å². The highest BCUT2D eigenvalue weighted by molar-refractivity contribution is 5.95. The van der Waals surface area contributed by atoms with E-state index in [1.807, 2.05) is 0 Å². The molecule has 0 bridgehead atoms. The number of fused-ring (bicyclic) bond motifs is 2. The van der Waals surface area contributed by atoms with E-state index < -0.39 is 121 Å². The van der Waals surface area contributed by atoms with Gasteiger partial charge in [0.25, 0.3) is 0 Å². The van der Waals surface area contributed by atoms with Crippen LogP contribution in [-0.4, -0.2) is 39.6 Å². The fourth-order valence-electron chi connectivity index (χ4n) is 4.21. The minimum Gasteiger partial charge on any atom is -0.395 e. The van der Waals surface area contributed by atoms with Gasteiger partial charge in [0.15, 0.2) is 11.5 Å². The molecule has 6 nitrogen and oxygen atoms in total. The van der Waals surface area contributed by atoms with E-state index in [4.69, 9.17) is 16.4 Å². The molecule has 2 N–H and O–H groups in total. The lowest BCUT2D eigenvalue weighted by Gasteiger charge is -2.26. The molecule has 0 radical (unpaired) electrons. The monoisotopic (exact) mass is 529 g/mol. The van der Waals surface area contributed by atoms with Crippen molar-refractivity contribution >= 4 is 16.7 Å². The van der Waals surface area contributed by atoms with Crippen molar-refractivity contribution < 1.29 is 54.1 Å². The number of hydrogen-bond donors (Lipinski definition) is 2. The van der Waals surface area contributed by atoms with E-state index in [1.54, 1.807) is 0 Å². The second-order valence-corrected chi connectivity index (χ2v) is 9.03. The van der Waals surface area contributed by atoms with Gasteiger partial charge < -0.3 is 24.3 Å². The minimum absolute atomic E-state index is 0.0149. The lowest BCUT2D eigenvalue weighted by Crippen LogP contribution is -2.26. The molecule has 5 rings (SSSR count). The molecule has 37 heavy (non-hydrogen) atoms. The van der Waals surface area contributed by atoms with Crippen molar-refractivity contribution in [2.75, 3.05) is 6.61 Å². The number of carbonyl (C=O) groups is 1. The maximum Gasteiger partial charge on any atom is 0.586 e. The van der Waals surface area contributed by atoms with Gasteiger partial charge in [-0.05, 0) is 60.5 Å². The van der Waals surface area contributed by atoms with E-state index in [1.165, 1.54) is 6.07 Å².